The molecule has 0 saturated heterocycles. The molecule has 116 valence electrons. The van der Waals surface area contributed by atoms with E-state index in [0.717, 1.165) is 5.56 Å². The molecule has 2 rings (SSSR count). The Kier molecular flexibility index (Phi) is 5.19. The number of amidine groups is 1. The highest BCUT2D eigenvalue weighted by molar-refractivity contribution is 5.98. The molecule has 0 unspecified atom stereocenters. The molecule has 2 aromatic carbocycles. The van der Waals surface area contributed by atoms with E-state index in [1.54, 1.807) is 6.08 Å². The predicted octanol–water partition coefficient (Wildman–Crippen LogP) is 2.47. The van der Waals surface area contributed by atoms with E-state index in [2.05, 4.69) is 9.99 Å². The van der Waals surface area contributed by atoms with Crippen molar-refractivity contribution in [2.45, 2.75) is 0 Å². The average Bonchev–Trinajstić information content (AvgIpc) is 2.58. The van der Waals surface area contributed by atoms with Crippen molar-refractivity contribution in [3.05, 3.63) is 81.9 Å². The van der Waals surface area contributed by atoms with Crippen molar-refractivity contribution in [2.75, 3.05) is 0 Å². The number of benzene rings is 2. The summed E-state index contributed by atoms with van der Waals surface area (Å²) in [5.74, 6) is -0.836. The summed E-state index contributed by atoms with van der Waals surface area (Å²) in [7, 11) is 0. The lowest BCUT2D eigenvalue weighted by Crippen LogP contribution is -2.15. The Morgan fingerprint density at radius 3 is 2.61 bits per heavy atom. The maximum absolute atomic E-state index is 11.5. The van der Waals surface area contributed by atoms with E-state index >= 15 is 0 Å². The quantitative estimate of drug-likeness (QED) is 0.228. The Hall–Kier alpha value is -3.48. The van der Waals surface area contributed by atoms with Gasteiger partial charge < -0.3 is 10.6 Å². The smallest absolute Gasteiger partial charge is 0.358 e. The summed E-state index contributed by atoms with van der Waals surface area (Å²) in [6.45, 7) is 0. The van der Waals surface area contributed by atoms with Gasteiger partial charge in [0.1, 0.15) is 0 Å². The van der Waals surface area contributed by atoms with Crippen molar-refractivity contribution in [3.63, 3.8) is 0 Å². The second kappa shape index (κ2) is 7.51. The van der Waals surface area contributed by atoms with Crippen molar-refractivity contribution in [1.29, 1.82) is 0 Å². The highest BCUT2D eigenvalue weighted by Gasteiger charge is 2.08. The Morgan fingerprint density at radius 1 is 1.17 bits per heavy atom. The first-order chi connectivity index (χ1) is 11.1. The molecule has 7 heteroatoms. The number of non-ortho nitro benzene ring substituents is 1. The molecule has 7 nitrogen and oxygen atoms in total. The molecule has 0 aliphatic heterocycles. The number of hydrogen-bond acceptors (Lipinski definition) is 5. The Bertz CT molecular complexity index is 770. The van der Waals surface area contributed by atoms with Crippen LogP contribution in [0.3, 0.4) is 0 Å². The average molecular weight is 311 g/mol. The second-order valence-corrected chi connectivity index (χ2v) is 4.44. The maximum Gasteiger partial charge on any atom is 0.358 e. The van der Waals surface area contributed by atoms with Crippen LogP contribution >= 0.6 is 0 Å². The van der Waals surface area contributed by atoms with Crippen molar-refractivity contribution < 1.29 is 14.6 Å². The molecule has 0 aliphatic carbocycles. The van der Waals surface area contributed by atoms with Crippen LogP contribution in [-0.2, 0) is 9.63 Å². The molecule has 0 fully saturated rings. The van der Waals surface area contributed by atoms with Crippen LogP contribution in [0.15, 0.2) is 65.8 Å². The van der Waals surface area contributed by atoms with Crippen LogP contribution in [0.2, 0.25) is 0 Å². The molecule has 0 saturated carbocycles. The number of nitrogens with zero attached hydrogens (tertiary/aromatic N) is 2. The topological polar surface area (TPSA) is 108 Å². The lowest BCUT2D eigenvalue weighted by molar-refractivity contribution is -0.384. The second-order valence-electron chi connectivity index (χ2n) is 4.44. The summed E-state index contributed by atoms with van der Waals surface area (Å²) >= 11 is 0. The minimum atomic E-state index is -0.706. The molecule has 0 radical (unpaired) electrons. The van der Waals surface area contributed by atoms with Crippen LogP contribution in [-0.4, -0.2) is 16.7 Å². The standard InChI is InChI=1S/C16H13N3O4/c17-16(13-7-4-8-14(11-13)19(21)22)18-23-15(20)10-9-12-5-2-1-3-6-12/h1-11H,(H2,17,18)/b10-9+. The van der Waals surface area contributed by atoms with E-state index in [-0.39, 0.29) is 11.5 Å². The summed E-state index contributed by atoms with van der Waals surface area (Å²) in [6, 6.07) is 14.7. The lowest BCUT2D eigenvalue weighted by Gasteiger charge is -1.99. The molecule has 0 aromatic heterocycles. The summed E-state index contributed by atoms with van der Waals surface area (Å²) < 4.78 is 0. The fourth-order valence-electron chi connectivity index (χ4n) is 1.68. The first kappa shape index (κ1) is 15.9. The van der Waals surface area contributed by atoms with Crippen molar-refractivity contribution in [2.24, 2.45) is 10.9 Å². The molecule has 23 heavy (non-hydrogen) atoms. The molecular weight excluding hydrogens is 298 g/mol. The van der Waals surface area contributed by atoms with Crippen LogP contribution in [0.4, 0.5) is 5.69 Å². The van der Waals surface area contributed by atoms with E-state index in [1.807, 2.05) is 30.3 Å². The van der Waals surface area contributed by atoms with Gasteiger partial charge >= 0.3 is 5.97 Å². The van der Waals surface area contributed by atoms with Crippen molar-refractivity contribution in [1.82, 2.24) is 0 Å². The van der Waals surface area contributed by atoms with Crippen molar-refractivity contribution >= 4 is 23.6 Å². The van der Waals surface area contributed by atoms with Gasteiger partial charge in [-0.2, -0.15) is 0 Å². The largest absolute Gasteiger partial charge is 0.380 e. The zero-order chi connectivity index (χ0) is 16.7. The van der Waals surface area contributed by atoms with E-state index in [1.165, 1.54) is 30.3 Å². The number of carbonyl (C=O) groups is 1. The molecule has 2 aromatic rings. The molecule has 0 heterocycles. The van der Waals surface area contributed by atoms with Crippen LogP contribution in [0.25, 0.3) is 6.08 Å². The minimum absolute atomic E-state index is 0.129. The van der Waals surface area contributed by atoms with Gasteiger partial charge in [0.25, 0.3) is 5.69 Å². The molecule has 0 bridgehead atoms. The van der Waals surface area contributed by atoms with Crippen LogP contribution in [0, 0.1) is 10.1 Å². The SMILES string of the molecule is N/C(=N/OC(=O)/C=C/c1ccccc1)c1cccc([N+](=O)[O-])c1. The fourth-order valence-corrected chi connectivity index (χ4v) is 1.68. The lowest BCUT2D eigenvalue weighted by atomic mass is 10.2. The van der Waals surface area contributed by atoms with Crippen molar-refractivity contribution in [3.8, 4) is 0 Å². The zero-order valence-corrected chi connectivity index (χ0v) is 12.0. The van der Waals surface area contributed by atoms with Gasteiger partial charge in [-0.3, -0.25) is 10.1 Å². The molecule has 2 N–H and O–H groups in total. The summed E-state index contributed by atoms with van der Waals surface area (Å²) in [6.07, 6.45) is 2.78. The minimum Gasteiger partial charge on any atom is -0.380 e. The molecule has 0 atom stereocenters. The fraction of sp³-hybridized carbons (Fsp3) is 0. The number of nitro groups is 1. The predicted molar refractivity (Wildman–Crippen MR) is 85.4 cm³/mol. The number of carbonyl (C=O) groups excluding carboxylic acids is 1. The highest BCUT2D eigenvalue weighted by atomic mass is 16.7. The van der Waals surface area contributed by atoms with Crippen LogP contribution in [0.5, 0.6) is 0 Å². The van der Waals surface area contributed by atoms with Gasteiger partial charge in [-0.05, 0) is 11.6 Å². The number of rotatable bonds is 5. The molecule has 0 aliphatic rings. The van der Waals surface area contributed by atoms with Crippen LogP contribution < -0.4 is 5.73 Å². The molecule has 0 spiro atoms. The molecular formula is C16H13N3O4. The number of oxime groups is 1. The number of hydrogen-bond donors (Lipinski definition) is 1. The third-order valence-corrected chi connectivity index (χ3v) is 2.80. The van der Waals surface area contributed by atoms with E-state index < -0.39 is 10.9 Å². The van der Waals surface area contributed by atoms with Gasteiger partial charge in [0, 0.05) is 23.8 Å². The van der Waals surface area contributed by atoms with E-state index in [9.17, 15) is 14.9 Å². The third kappa shape index (κ3) is 4.78. The first-order valence-corrected chi connectivity index (χ1v) is 6.58. The van der Waals surface area contributed by atoms with Gasteiger partial charge in [0.15, 0.2) is 5.84 Å². The Morgan fingerprint density at radius 2 is 1.91 bits per heavy atom. The Labute approximate surface area is 131 Å². The van der Waals surface area contributed by atoms with Gasteiger partial charge in [0.2, 0.25) is 0 Å². The third-order valence-electron chi connectivity index (χ3n) is 2.80. The zero-order valence-electron chi connectivity index (χ0n) is 12.0. The summed E-state index contributed by atoms with van der Waals surface area (Å²) in [5, 5.41) is 14.2. The number of nitrogens with two attached hydrogens (primary N) is 1. The van der Waals surface area contributed by atoms with Gasteiger partial charge in [-0.15, -0.1) is 0 Å². The molecule has 0 amide bonds. The first-order valence-electron chi connectivity index (χ1n) is 6.58. The van der Waals surface area contributed by atoms with E-state index in [4.69, 9.17) is 5.73 Å². The van der Waals surface area contributed by atoms with Crippen LogP contribution in [0.1, 0.15) is 11.1 Å². The normalized spacial score (nSPS) is 11.4. The van der Waals surface area contributed by atoms with Gasteiger partial charge in [0.05, 0.1) is 4.92 Å². The Balaban J connectivity index is 2.01. The van der Waals surface area contributed by atoms with Gasteiger partial charge in [-0.25, -0.2) is 4.79 Å². The van der Waals surface area contributed by atoms with E-state index in [0.29, 0.717) is 5.56 Å². The van der Waals surface area contributed by atoms with Gasteiger partial charge in [-0.1, -0.05) is 47.6 Å². The monoisotopic (exact) mass is 311 g/mol. The summed E-state index contributed by atoms with van der Waals surface area (Å²) in [4.78, 5) is 26.3. The number of nitro benzene ring substituents is 1. The highest BCUT2D eigenvalue weighted by Crippen LogP contribution is 2.12. The maximum atomic E-state index is 11.5. The summed E-state index contributed by atoms with van der Waals surface area (Å²) in [5.41, 5.74) is 6.64.